The van der Waals surface area contributed by atoms with E-state index in [4.69, 9.17) is 9.84 Å². The van der Waals surface area contributed by atoms with E-state index >= 15 is 0 Å². The summed E-state index contributed by atoms with van der Waals surface area (Å²) in [7, 11) is 0. The number of hydrogen-bond donors (Lipinski definition) is 2. The van der Waals surface area contributed by atoms with Gasteiger partial charge in [0.2, 0.25) is 0 Å². The molecule has 0 spiro atoms. The Bertz CT molecular complexity index is 892. The van der Waals surface area contributed by atoms with Crippen molar-refractivity contribution in [2.45, 2.75) is 90.8 Å². The van der Waals surface area contributed by atoms with Gasteiger partial charge < -0.3 is 15.4 Å². The highest BCUT2D eigenvalue weighted by atomic mass is 16.6. The van der Waals surface area contributed by atoms with Crippen molar-refractivity contribution < 1.29 is 9.53 Å². The number of nitrogens with one attached hydrogen (secondary N) is 2. The van der Waals surface area contributed by atoms with E-state index in [0.717, 1.165) is 42.2 Å². The molecule has 1 aliphatic rings. The molecule has 2 aromatic rings. The number of rotatable bonds is 4. The predicted molar refractivity (Wildman–Crippen MR) is 119 cm³/mol. The van der Waals surface area contributed by atoms with E-state index in [1.165, 1.54) is 0 Å². The lowest BCUT2D eigenvalue weighted by Gasteiger charge is -2.23. The lowest BCUT2D eigenvalue weighted by Crippen LogP contribution is -2.42. The van der Waals surface area contributed by atoms with Gasteiger partial charge >= 0.3 is 6.09 Å². The van der Waals surface area contributed by atoms with Gasteiger partial charge in [0.15, 0.2) is 0 Å². The lowest BCUT2D eigenvalue weighted by atomic mass is 10.0. The molecule has 30 heavy (non-hydrogen) atoms. The largest absolute Gasteiger partial charge is 0.446 e. The predicted octanol–water partition coefficient (Wildman–Crippen LogP) is 5.25. The van der Waals surface area contributed by atoms with E-state index in [9.17, 15) is 4.79 Å². The maximum absolute atomic E-state index is 12.1. The summed E-state index contributed by atoms with van der Waals surface area (Å²) in [6.45, 7) is 14.3. The number of aryl methyl sites for hydroxylation is 1. The van der Waals surface area contributed by atoms with E-state index in [-0.39, 0.29) is 29.2 Å². The first kappa shape index (κ1) is 22.1. The van der Waals surface area contributed by atoms with E-state index < -0.39 is 0 Å². The zero-order chi connectivity index (χ0) is 22.1. The van der Waals surface area contributed by atoms with Gasteiger partial charge in [0.05, 0.1) is 22.6 Å². The first-order chi connectivity index (χ1) is 13.9. The summed E-state index contributed by atoms with van der Waals surface area (Å²) in [6, 6.07) is 6.07. The van der Waals surface area contributed by atoms with Crippen molar-refractivity contribution >= 4 is 17.6 Å². The Morgan fingerprint density at radius 2 is 1.93 bits per heavy atom. The van der Waals surface area contributed by atoms with Crippen molar-refractivity contribution in [3.05, 3.63) is 35.8 Å². The van der Waals surface area contributed by atoms with Crippen LogP contribution in [0, 0.1) is 6.92 Å². The lowest BCUT2D eigenvalue weighted by molar-refractivity contribution is 0.0936. The molecule has 2 atom stereocenters. The fourth-order valence-corrected chi connectivity index (χ4v) is 3.76. The van der Waals surface area contributed by atoms with Crippen LogP contribution in [0.2, 0.25) is 0 Å². The molecule has 0 saturated heterocycles. The number of alkyl carbamates (subject to hydrolysis) is 1. The second-order valence-corrected chi connectivity index (χ2v) is 10.2. The van der Waals surface area contributed by atoms with Gasteiger partial charge in [-0.2, -0.15) is 5.10 Å². The summed E-state index contributed by atoms with van der Waals surface area (Å²) in [5, 5.41) is 11.3. The number of carbonyl (C=O) groups is 1. The quantitative estimate of drug-likeness (QED) is 0.716. The van der Waals surface area contributed by atoms with E-state index in [2.05, 4.69) is 42.5 Å². The number of ether oxygens (including phenoxy) is 1. The minimum Gasteiger partial charge on any atom is -0.446 e. The van der Waals surface area contributed by atoms with Gasteiger partial charge in [-0.1, -0.05) is 0 Å². The Labute approximate surface area is 179 Å². The Hall–Kier alpha value is -2.57. The number of amides is 1. The van der Waals surface area contributed by atoms with Crippen LogP contribution in [0.15, 0.2) is 24.4 Å². The molecule has 1 aliphatic carbocycles. The van der Waals surface area contributed by atoms with Crippen LogP contribution in [0.1, 0.15) is 78.1 Å². The monoisotopic (exact) mass is 413 g/mol. The molecule has 1 fully saturated rings. The summed E-state index contributed by atoms with van der Waals surface area (Å²) < 4.78 is 7.68. The Morgan fingerprint density at radius 3 is 2.57 bits per heavy atom. The molecule has 164 valence electrons. The zero-order valence-electron chi connectivity index (χ0n) is 19.2. The summed E-state index contributed by atoms with van der Waals surface area (Å²) in [5.41, 5.74) is 2.49. The molecule has 0 unspecified atom stereocenters. The van der Waals surface area contributed by atoms with Crippen LogP contribution < -0.4 is 10.6 Å². The van der Waals surface area contributed by atoms with Crippen LogP contribution in [0.4, 0.5) is 16.3 Å². The van der Waals surface area contributed by atoms with Crippen LogP contribution in [-0.2, 0) is 10.3 Å². The molecule has 7 heteroatoms. The van der Waals surface area contributed by atoms with E-state index in [0.29, 0.717) is 0 Å². The summed E-state index contributed by atoms with van der Waals surface area (Å²) in [6.07, 6.45) is 3.98. The fourth-order valence-electron chi connectivity index (χ4n) is 3.76. The molecule has 7 nitrogen and oxygen atoms in total. The highest BCUT2D eigenvalue weighted by molar-refractivity contribution is 5.68. The number of aromatic nitrogens is 3. The van der Waals surface area contributed by atoms with Crippen molar-refractivity contribution in [3.63, 3.8) is 0 Å². The SMILES string of the molecule is Cc1ncccc1Nc1cc([C@H]2CC[C@@H](OC(=O)NC(C)(C)C)C2)nn1C(C)(C)C. The average Bonchev–Trinajstić information content (AvgIpc) is 3.21. The van der Waals surface area contributed by atoms with Crippen LogP contribution in [-0.4, -0.2) is 32.5 Å². The van der Waals surface area contributed by atoms with Crippen molar-refractivity contribution in [2.24, 2.45) is 0 Å². The van der Waals surface area contributed by atoms with Crippen LogP contribution >= 0.6 is 0 Å². The summed E-state index contributed by atoms with van der Waals surface area (Å²) in [5.74, 6) is 1.22. The normalized spacial score (nSPS) is 19.6. The first-order valence-corrected chi connectivity index (χ1v) is 10.7. The molecular weight excluding hydrogens is 378 g/mol. The fraction of sp³-hybridized carbons (Fsp3) is 0.609. The van der Waals surface area contributed by atoms with Crippen molar-refractivity contribution in [1.82, 2.24) is 20.1 Å². The smallest absolute Gasteiger partial charge is 0.407 e. The van der Waals surface area contributed by atoms with Gasteiger partial charge in [0.25, 0.3) is 0 Å². The van der Waals surface area contributed by atoms with Crippen molar-refractivity contribution in [2.75, 3.05) is 5.32 Å². The molecule has 2 heterocycles. The minimum absolute atomic E-state index is 0.0749. The zero-order valence-corrected chi connectivity index (χ0v) is 19.2. The third-order valence-electron chi connectivity index (χ3n) is 5.19. The highest BCUT2D eigenvalue weighted by Crippen LogP contribution is 2.38. The number of pyridine rings is 1. The number of carbonyl (C=O) groups excluding carboxylic acids is 1. The molecule has 2 aromatic heterocycles. The topological polar surface area (TPSA) is 81.1 Å². The van der Waals surface area contributed by atoms with Gasteiger partial charge in [0, 0.05) is 23.7 Å². The molecule has 0 bridgehead atoms. The second-order valence-electron chi connectivity index (χ2n) is 10.2. The Kier molecular flexibility index (Phi) is 6.11. The van der Waals surface area contributed by atoms with E-state index in [1.54, 1.807) is 6.20 Å². The molecule has 0 radical (unpaired) electrons. The molecule has 1 saturated carbocycles. The van der Waals surface area contributed by atoms with E-state index in [1.807, 2.05) is 44.5 Å². The number of nitrogens with zero attached hydrogens (tertiary/aromatic N) is 3. The average molecular weight is 414 g/mol. The Balaban J connectivity index is 1.75. The molecule has 2 N–H and O–H groups in total. The molecule has 0 aliphatic heterocycles. The van der Waals surface area contributed by atoms with Crippen molar-refractivity contribution in [1.29, 1.82) is 0 Å². The van der Waals surface area contributed by atoms with Gasteiger partial charge in [-0.25, -0.2) is 9.48 Å². The van der Waals surface area contributed by atoms with Crippen LogP contribution in [0.25, 0.3) is 0 Å². The molecule has 1 amide bonds. The molecular formula is C23H35N5O2. The third kappa shape index (κ3) is 5.52. The van der Waals surface area contributed by atoms with Crippen LogP contribution in [0.5, 0.6) is 0 Å². The summed E-state index contributed by atoms with van der Waals surface area (Å²) in [4.78, 5) is 16.5. The van der Waals surface area contributed by atoms with Crippen molar-refractivity contribution in [3.8, 4) is 0 Å². The number of hydrogen-bond acceptors (Lipinski definition) is 5. The maximum atomic E-state index is 12.1. The van der Waals surface area contributed by atoms with Gasteiger partial charge in [-0.05, 0) is 79.9 Å². The maximum Gasteiger partial charge on any atom is 0.407 e. The first-order valence-electron chi connectivity index (χ1n) is 10.7. The molecule has 0 aromatic carbocycles. The Morgan fingerprint density at radius 1 is 1.20 bits per heavy atom. The highest BCUT2D eigenvalue weighted by Gasteiger charge is 2.32. The summed E-state index contributed by atoms with van der Waals surface area (Å²) >= 11 is 0. The van der Waals surface area contributed by atoms with Gasteiger partial charge in [-0.3, -0.25) is 4.98 Å². The second kappa shape index (κ2) is 8.28. The van der Waals surface area contributed by atoms with Gasteiger partial charge in [0.1, 0.15) is 11.9 Å². The standard InChI is InChI=1S/C23H35N5O2/c1-15-18(9-8-12-24-15)25-20-14-19(27-28(20)23(5,6)7)16-10-11-17(13-16)30-21(29)26-22(2,3)4/h8-9,12,14,16-17,25H,10-11,13H2,1-7H3,(H,26,29)/t16-,17+/m0/s1. The number of anilines is 2. The third-order valence-corrected chi connectivity index (χ3v) is 5.19. The minimum atomic E-state index is -0.345. The van der Waals surface area contributed by atoms with Gasteiger partial charge in [-0.15, -0.1) is 0 Å². The molecule has 3 rings (SSSR count). The van der Waals surface area contributed by atoms with Crippen LogP contribution in [0.3, 0.4) is 0 Å².